The van der Waals surface area contributed by atoms with E-state index < -0.39 is 11.7 Å². The smallest absolute Gasteiger partial charge is 0.254 e. The van der Waals surface area contributed by atoms with Crippen LogP contribution >= 0.6 is 0 Å². The van der Waals surface area contributed by atoms with Gasteiger partial charge in [0.05, 0.1) is 17.8 Å². The number of rotatable bonds is 7. The van der Waals surface area contributed by atoms with Crippen LogP contribution in [0.2, 0.25) is 0 Å². The summed E-state index contributed by atoms with van der Waals surface area (Å²) in [4.78, 5) is 29.9. The van der Waals surface area contributed by atoms with Crippen molar-refractivity contribution in [1.29, 1.82) is 0 Å². The van der Waals surface area contributed by atoms with Gasteiger partial charge >= 0.3 is 0 Å². The summed E-state index contributed by atoms with van der Waals surface area (Å²) in [6.07, 6.45) is 2.87. The summed E-state index contributed by atoms with van der Waals surface area (Å²) in [6, 6.07) is 9.65. The van der Waals surface area contributed by atoms with Crippen molar-refractivity contribution in [3.05, 3.63) is 65.2 Å². The molecule has 6 heteroatoms. The normalized spacial score (nSPS) is 10.4. The predicted octanol–water partition coefficient (Wildman–Crippen LogP) is 2.56. The first-order valence-electron chi connectivity index (χ1n) is 8.21. The molecule has 2 rings (SSSR count). The average molecular weight is 343 g/mol. The summed E-state index contributed by atoms with van der Waals surface area (Å²) in [6.45, 7) is 2.62. The standard InChI is InChI=1S/C19H22FN3O2/c1-3-14-8-9-15(22-12-14)13-23(2)18(24)10-11-21-19(25)16-6-4-5-7-17(16)20/h4-9,12H,3,10-11,13H2,1-2H3,(H,21,25). The molecule has 5 nitrogen and oxygen atoms in total. The molecule has 1 N–H and O–H groups in total. The number of carbonyl (C=O) groups is 2. The second-order valence-corrected chi connectivity index (χ2v) is 5.75. The number of hydrogen-bond acceptors (Lipinski definition) is 3. The molecule has 1 aromatic carbocycles. The molecule has 1 aromatic heterocycles. The number of nitrogens with one attached hydrogen (secondary N) is 1. The molecule has 0 fully saturated rings. The summed E-state index contributed by atoms with van der Waals surface area (Å²) in [7, 11) is 1.69. The highest BCUT2D eigenvalue weighted by Gasteiger charge is 2.13. The van der Waals surface area contributed by atoms with Crippen molar-refractivity contribution in [2.24, 2.45) is 0 Å². The number of pyridine rings is 1. The first-order valence-corrected chi connectivity index (χ1v) is 8.21. The number of benzene rings is 1. The topological polar surface area (TPSA) is 62.3 Å². The fourth-order valence-electron chi connectivity index (χ4n) is 2.30. The van der Waals surface area contributed by atoms with Crippen molar-refractivity contribution < 1.29 is 14.0 Å². The van der Waals surface area contributed by atoms with Gasteiger partial charge in [0.25, 0.3) is 5.91 Å². The maximum atomic E-state index is 13.5. The molecule has 2 amide bonds. The number of aromatic nitrogens is 1. The summed E-state index contributed by atoms with van der Waals surface area (Å²) in [5.41, 5.74) is 1.93. The summed E-state index contributed by atoms with van der Waals surface area (Å²) < 4.78 is 13.5. The highest BCUT2D eigenvalue weighted by Crippen LogP contribution is 2.07. The number of carbonyl (C=O) groups excluding carboxylic acids is 2. The van der Waals surface area contributed by atoms with Crippen LogP contribution in [0.1, 0.15) is 35.0 Å². The summed E-state index contributed by atoms with van der Waals surface area (Å²) in [5, 5.41) is 2.56. The minimum atomic E-state index is -0.579. The molecule has 0 atom stereocenters. The minimum Gasteiger partial charge on any atom is -0.351 e. The van der Waals surface area contributed by atoms with E-state index in [1.807, 2.05) is 18.3 Å². The zero-order valence-corrected chi connectivity index (χ0v) is 14.5. The molecule has 2 aromatic rings. The molecule has 25 heavy (non-hydrogen) atoms. The Balaban J connectivity index is 1.79. The van der Waals surface area contributed by atoms with Crippen molar-refractivity contribution in [3.8, 4) is 0 Å². The van der Waals surface area contributed by atoms with E-state index in [1.165, 1.54) is 18.2 Å². The third-order valence-corrected chi connectivity index (χ3v) is 3.86. The molecule has 0 aliphatic heterocycles. The largest absolute Gasteiger partial charge is 0.351 e. The Labute approximate surface area is 146 Å². The summed E-state index contributed by atoms with van der Waals surface area (Å²) >= 11 is 0. The van der Waals surface area contributed by atoms with Crippen LogP contribution in [0, 0.1) is 5.82 Å². The van der Waals surface area contributed by atoms with E-state index in [4.69, 9.17) is 0 Å². The van der Waals surface area contributed by atoms with Crippen molar-refractivity contribution in [2.75, 3.05) is 13.6 Å². The van der Waals surface area contributed by atoms with Crippen LogP contribution in [0.4, 0.5) is 4.39 Å². The maximum absolute atomic E-state index is 13.5. The number of nitrogens with zero attached hydrogens (tertiary/aromatic N) is 2. The monoisotopic (exact) mass is 343 g/mol. The molecule has 0 aliphatic rings. The highest BCUT2D eigenvalue weighted by molar-refractivity contribution is 5.94. The third-order valence-electron chi connectivity index (χ3n) is 3.86. The average Bonchev–Trinajstić information content (AvgIpc) is 2.62. The number of aryl methyl sites for hydroxylation is 1. The lowest BCUT2D eigenvalue weighted by Crippen LogP contribution is -2.32. The van der Waals surface area contributed by atoms with Crippen LogP contribution in [-0.4, -0.2) is 35.3 Å². The van der Waals surface area contributed by atoms with Crippen LogP contribution in [0.5, 0.6) is 0 Å². The van der Waals surface area contributed by atoms with E-state index in [0.717, 1.165) is 17.7 Å². The molecule has 0 radical (unpaired) electrons. The van der Waals surface area contributed by atoms with E-state index in [0.29, 0.717) is 6.54 Å². The maximum Gasteiger partial charge on any atom is 0.254 e. The van der Waals surface area contributed by atoms with Gasteiger partial charge < -0.3 is 10.2 Å². The molecule has 0 bridgehead atoms. The Morgan fingerprint density at radius 1 is 1.20 bits per heavy atom. The lowest BCUT2D eigenvalue weighted by molar-refractivity contribution is -0.130. The Morgan fingerprint density at radius 3 is 2.60 bits per heavy atom. The molecule has 0 unspecified atom stereocenters. The molecule has 132 valence electrons. The van der Waals surface area contributed by atoms with Gasteiger partial charge in [-0.3, -0.25) is 14.6 Å². The van der Waals surface area contributed by atoms with E-state index in [9.17, 15) is 14.0 Å². The van der Waals surface area contributed by atoms with Crippen LogP contribution in [-0.2, 0) is 17.8 Å². The van der Waals surface area contributed by atoms with Gasteiger partial charge in [0.1, 0.15) is 5.82 Å². The van der Waals surface area contributed by atoms with E-state index in [1.54, 1.807) is 18.0 Å². The van der Waals surface area contributed by atoms with Crippen molar-refractivity contribution in [2.45, 2.75) is 26.3 Å². The molecule has 0 saturated carbocycles. The molecule has 0 saturated heterocycles. The Bertz CT molecular complexity index is 732. The molecule has 0 aliphatic carbocycles. The molecular weight excluding hydrogens is 321 g/mol. The Morgan fingerprint density at radius 2 is 1.96 bits per heavy atom. The zero-order chi connectivity index (χ0) is 18.2. The first-order chi connectivity index (χ1) is 12.0. The minimum absolute atomic E-state index is 0.0245. The van der Waals surface area contributed by atoms with Crippen LogP contribution < -0.4 is 5.32 Å². The van der Waals surface area contributed by atoms with E-state index in [2.05, 4.69) is 17.2 Å². The van der Waals surface area contributed by atoms with E-state index >= 15 is 0 Å². The number of hydrogen-bond donors (Lipinski definition) is 1. The van der Waals surface area contributed by atoms with Crippen LogP contribution in [0.25, 0.3) is 0 Å². The lowest BCUT2D eigenvalue weighted by Gasteiger charge is -2.17. The third kappa shape index (κ3) is 5.38. The Hall–Kier alpha value is -2.76. The van der Waals surface area contributed by atoms with Gasteiger partial charge in [-0.1, -0.05) is 25.1 Å². The predicted molar refractivity (Wildman–Crippen MR) is 93.4 cm³/mol. The molecule has 0 spiro atoms. The van der Waals surface area contributed by atoms with Gasteiger partial charge in [0.15, 0.2) is 0 Å². The molecular formula is C19H22FN3O2. The zero-order valence-electron chi connectivity index (χ0n) is 14.5. The van der Waals surface area contributed by atoms with Crippen LogP contribution in [0.15, 0.2) is 42.6 Å². The quantitative estimate of drug-likeness (QED) is 0.840. The lowest BCUT2D eigenvalue weighted by atomic mass is 10.2. The summed E-state index contributed by atoms with van der Waals surface area (Å²) in [5.74, 6) is -1.22. The van der Waals surface area contributed by atoms with Crippen molar-refractivity contribution in [1.82, 2.24) is 15.2 Å². The van der Waals surface area contributed by atoms with Crippen LogP contribution in [0.3, 0.4) is 0 Å². The molecule has 1 heterocycles. The fraction of sp³-hybridized carbons (Fsp3) is 0.316. The van der Waals surface area contributed by atoms with Gasteiger partial charge in [0.2, 0.25) is 5.91 Å². The van der Waals surface area contributed by atoms with Crippen molar-refractivity contribution >= 4 is 11.8 Å². The van der Waals surface area contributed by atoms with Gasteiger partial charge in [-0.15, -0.1) is 0 Å². The first kappa shape index (κ1) is 18.6. The van der Waals surface area contributed by atoms with Crippen molar-refractivity contribution in [3.63, 3.8) is 0 Å². The SMILES string of the molecule is CCc1ccc(CN(C)C(=O)CCNC(=O)c2ccccc2F)nc1. The second-order valence-electron chi connectivity index (χ2n) is 5.75. The number of halogens is 1. The van der Waals surface area contributed by atoms with Gasteiger partial charge in [-0.2, -0.15) is 0 Å². The van der Waals surface area contributed by atoms with Gasteiger partial charge in [0, 0.05) is 26.2 Å². The van der Waals surface area contributed by atoms with Gasteiger partial charge in [-0.05, 0) is 30.2 Å². The van der Waals surface area contributed by atoms with Gasteiger partial charge in [-0.25, -0.2) is 4.39 Å². The highest BCUT2D eigenvalue weighted by atomic mass is 19.1. The fourth-order valence-corrected chi connectivity index (χ4v) is 2.30. The Kier molecular flexibility index (Phi) is 6.62. The second kappa shape index (κ2) is 8.92. The number of amides is 2. The van der Waals surface area contributed by atoms with E-state index in [-0.39, 0.29) is 24.4 Å².